The molecule has 3 N–H and O–H groups in total. The van der Waals surface area contributed by atoms with E-state index in [0.29, 0.717) is 0 Å². The normalized spacial score (nSPS) is 1.71. The van der Waals surface area contributed by atoms with E-state index in [9.17, 15) is 0 Å². The quantitative estimate of drug-likeness (QED) is 0.174. The molecule has 2 nitrogen and oxygen atoms in total. The van der Waals surface area contributed by atoms with Gasteiger partial charge in [-0.3, -0.25) is 5.41 Å². The third-order valence-corrected chi connectivity index (χ3v) is 0. The van der Waals surface area contributed by atoms with E-state index in [4.69, 9.17) is 5.41 Å². The molecule has 0 aromatic carbocycles. The Morgan fingerprint density at radius 1 is 1.29 bits per heavy atom. The maximum atomic E-state index is 5.86. The van der Waals surface area contributed by atoms with Gasteiger partial charge in [0.2, 0.25) is 0 Å². The smallest absolute Gasteiger partial charge is 1.00 e. The molecule has 0 saturated carbocycles. The molecule has 0 aliphatic rings. The first-order valence-electron chi connectivity index (χ1n) is 0.622. The Labute approximate surface area is 154 Å². The SMILES string of the molecule is I.I.N=CN.[Cs+].[I-]. The van der Waals surface area contributed by atoms with Crippen LogP contribution in [-0.2, 0) is 0 Å². The number of rotatable bonds is 0. The topological polar surface area (TPSA) is 49.9 Å². The molecular weight excluding hydrogens is 554 g/mol. The standard InChI is InChI=1S/CH4N2.Cs.3HI/c2-1-3;;;;/h1H,(H3,2,3);;3*1H/q;+1;;;/p-1. The van der Waals surface area contributed by atoms with Crippen molar-refractivity contribution in [2.75, 3.05) is 0 Å². The number of halogens is 3. The summed E-state index contributed by atoms with van der Waals surface area (Å²) in [4.78, 5) is 0. The summed E-state index contributed by atoms with van der Waals surface area (Å²) in [6.07, 6.45) is 0.750. The number of nitrogens with one attached hydrogen (secondary N) is 1. The minimum absolute atomic E-state index is 0. The minimum atomic E-state index is 0. The van der Waals surface area contributed by atoms with E-state index in [1.807, 2.05) is 0 Å². The van der Waals surface area contributed by atoms with Gasteiger partial charge in [0.1, 0.15) is 0 Å². The molecule has 0 aromatic rings. The van der Waals surface area contributed by atoms with Crippen LogP contribution in [0.15, 0.2) is 0 Å². The van der Waals surface area contributed by atoms with Crippen molar-refractivity contribution in [3.8, 4) is 0 Å². The van der Waals surface area contributed by atoms with Crippen molar-refractivity contribution in [2.45, 2.75) is 0 Å². The molecule has 0 atom stereocenters. The fraction of sp³-hybridized carbons (Fsp3) is 0. The molecule has 6 heteroatoms. The monoisotopic (exact) mass is 560 g/mol. The fourth-order valence-electron chi connectivity index (χ4n) is 0. The number of hydrogen-bond acceptors (Lipinski definition) is 1. The molecule has 0 spiro atoms. The van der Waals surface area contributed by atoms with Crippen LogP contribution in [0.2, 0.25) is 0 Å². The van der Waals surface area contributed by atoms with Crippen LogP contribution in [0.25, 0.3) is 0 Å². The maximum Gasteiger partial charge on any atom is 1.00 e. The predicted molar refractivity (Wildman–Crippen MR) is 43.8 cm³/mol. The van der Waals surface area contributed by atoms with Crippen molar-refractivity contribution in [3.05, 3.63) is 0 Å². The van der Waals surface area contributed by atoms with E-state index in [1.54, 1.807) is 0 Å². The van der Waals surface area contributed by atoms with Crippen LogP contribution in [-0.4, -0.2) is 6.34 Å². The van der Waals surface area contributed by atoms with Gasteiger partial charge < -0.3 is 29.7 Å². The second-order valence-electron chi connectivity index (χ2n) is 0.167. The molecule has 0 aromatic heterocycles. The third kappa shape index (κ3) is 41.9. The summed E-state index contributed by atoms with van der Waals surface area (Å²) in [5.74, 6) is 0. The Morgan fingerprint density at radius 3 is 1.29 bits per heavy atom. The van der Waals surface area contributed by atoms with Crippen LogP contribution >= 0.6 is 48.0 Å². The Bertz CT molecular complexity index is 20.4. The molecule has 0 heterocycles. The second-order valence-corrected chi connectivity index (χ2v) is 0.167. The molecule has 0 rings (SSSR count). The van der Waals surface area contributed by atoms with E-state index >= 15 is 0 Å². The van der Waals surface area contributed by atoms with Gasteiger partial charge in [-0.2, -0.15) is 0 Å². The van der Waals surface area contributed by atoms with Crippen LogP contribution in [0.3, 0.4) is 0 Å². The first kappa shape index (κ1) is 31.0. The summed E-state index contributed by atoms with van der Waals surface area (Å²) >= 11 is 0. The molecule has 0 aliphatic carbocycles. The van der Waals surface area contributed by atoms with Crippen molar-refractivity contribution in [1.29, 1.82) is 5.41 Å². The summed E-state index contributed by atoms with van der Waals surface area (Å²) in [7, 11) is 0. The van der Waals surface area contributed by atoms with E-state index < -0.39 is 0 Å². The molecule has 7 heavy (non-hydrogen) atoms. The van der Waals surface area contributed by atoms with Gasteiger partial charge in [0, 0.05) is 0 Å². The van der Waals surface area contributed by atoms with Gasteiger partial charge in [0.05, 0.1) is 6.34 Å². The Hall–Kier alpha value is 3.71. The van der Waals surface area contributed by atoms with Gasteiger partial charge >= 0.3 is 68.9 Å². The van der Waals surface area contributed by atoms with E-state index in [1.165, 1.54) is 0 Å². The fourth-order valence-corrected chi connectivity index (χ4v) is 0. The Kier molecular flexibility index (Phi) is 147. The summed E-state index contributed by atoms with van der Waals surface area (Å²) < 4.78 is 0. The molecule has 42 valence electrons. The van der Waals surface area contributed by atoms with Crippen LogP contribution in [0.1, 0.15) is 0 Å². The summed E-state index contributed by atoms with van der Waals surface area (Å²) in [5.41, 5.74) is 4.39. The minimum Gasteiger partial charge on any atom is -1.00 e. The van der Waals surface area contributed by atoms with Crippen molar-refractivity contribution >= 4 is 54.3 Å². The zero-order chi connectivity index (χ0) is 2.71. The zero-order valence-corrected chi connectivity index (χ0v) is 16.9. The van der Waals surface area contributed by atoms with Gasteiger partial charge in [0.15, 0.2) is 0 Å². The second kappa shape index (κ2) is 33.2. The molecular formula is CH6CsI3N2. The summed E-state index contributed by atoms with van der Waals surface area (Å²) in [5, 5.41) is 5.86. The average molecular weight is 560 g/mol. The molecule has 0 amide bonds. The van der Waals surface area contributed by atoms with E-state index in [0.717, 1.165) is 6.34 Å². The van der Waals surface area contributed by atoms with E-state index in [2.05, 4.69) is 5.73 Å². The number of nitrogens with two attached hydrogens (primary N) is 1. The van der Waals surface area contributed by atoms with E-state index in [-0.39, 0.29) is 141 Å². The Balaban J connectivity index is -0.00000000333. The van der Waals surface area contributed by atoms with Crippen molar-refractivity contribution in [3.63, 3.8) is 0 Å². The molecule has 0 radical (unpaired) electrons. The van der Waals surface area contributed by atoms with Crippen LogP contribution in [0.4, 0.5) is 0 Å². The van der Waals surface area contributed by atoms with Crippen LogP contribution in [0, 0.1) is 5.41 Å². The molecule has 0 aliphatic heterocycles. The van der Waals surface area contributed by atoms with Gasteiger partial charge in [0.25, 0.3) is 0 Å². The number of hydrogen-bond donors (Lipinski definition) is 2. The average Bonchev–Trinajstić information content (AvgIpc) is 0.918. The van der Waals surface area contributed by atoms with Gasteiger partial charge in [-0.25, -0.2) is 0 Å². The van der Waals surface area contributed by atoms with Crippen LogP contribution in [0.5, 0.6) is 0 Å². The maximum absolute atomic E-state index is 5.86. The van der Waals surface area contributed by atoms with Crippen molar-refractivity contribution in [1.82, 2.24) is 0 Å². The molecule has 0 saturated heterocycles. The Morgan fingerprint density at radius 2 is 1.29 bits per heavy atom. The largest absolute Gasteiger partial charge is 1.00 e. The molecule has 0 unspecified atom stereocenters. The van der Waals surface area contributed by atoms with Gasteiger partial charge in [-0.15, -0.1) is 48.0 Å². The third-order valence-electron chi connectivity index (χ3n) is 0. The first-order chi connectivity index (χ1) is 1.41. The summed E-state index contributed by atoms with van der Waals surface area (Å²) in [6.45, 7) is 0. The zero-order valence-electron chi connectivity index (χ0n) is 3.85. The van der Waals surface area contributed by atoms with Gasteiger partial charge in [-0.1, -0.05) is 0 Å². The van der Waals surface area contributed by atoms with Gasteiger partial charge in [-0.05, 0) is 0 Å². The molecule has 0 fully saturated rings. The van der Waals surface area contributed by atoms with Crippen molar-refractivity contribution in [2.24, 2.45) is 5.73 Å². The van der Waals surface area contributed by atoms with Crippen molar-refractivity contribution < 1.29 is 92.9 Å². The van der Waals surface area contributed by atoms with Crippen LogP contribution < -0.4 is 98.6 Å². The summed E-state index contributed by atoms with van der Waals surface area (Å²) in [6, 6.07) is 0. The molecule has 0 bridgehead atoms. The first-order valence-corrected chi connectivity index (χ1v) is 0.622. The predicted octanol–water partition coefficient (Wildman–Crippen LogP) is -5.20.